The van der Waals surface area contributed by atoms with Crippen LogP contribution in [0, 0.1) is 0 Å². The van der Waals surface area contributed by atoms with Gasteiger partial charge in [0.05, 0.1) is 4.90 Å². The Morgan fingerprint density at radius 1 is 1.08 bits per heavy atom. The molecule has 0 fully saturated rings. The van der Waals surface area contributed by atoms with Crippen molar-refractivity contribution < 1.29 is 13.2 Å². The van der Waals surface area contributed by atoms with Gasteiger partial charge in [-0.25, -0.2) is 13.1 Å². The molecule has 0 aromatic heterocycles. The van der Waals surface area contributed by atoms with Crippen molar-refractivity contribution in [1.29, 1.82) is 0 Å². The molecule has 0 unspecified atom stereocenters. The lowest BCUT2D eigenvalue weighted by Crippen LogP contribution is -2.28. The van der Waals surface area contributed by atoms with E-state index in [-0.39, 0.29) is 16.2 Å². The van der Waals surface area contributed by atoms with Crippen LogP contribution in [-0.2, 0) is 10.0 Å². The van der Waals surface area contributed by atoms with E-state index in [1.807, 2.05) is 19.0 Å². The molecular weight excluding hydrogens is 360 g/mol. The molecule has 0 saturated heterocycles. The molecule has 1 N–H and O–H groups in total. The van der Waals surface area contributed by atoms with E-state index in [1.165, 1.54) is 12.1 Å². The average Bonchev–Trinajstić information content (AvgIpc) is 2.59. The van der Waals surface area contributed by atoms with Gasteiger partial charge in [0.1, 0.15) is 0 Å². The van der Waals surface area contributed by atoms with E-state index < -0.39 is 10.0 Å². The van der Waals surface area contributed by atoms with Gasteiger partial charge in [-0.2, -0.15) is 0 Å². The SMILES string of the molecule is CN(C)CCCNS(=O)(=O)c1ccccc1C(=O)c1ccc(Cl)cc1. The number of hydrogen-bond acceptors (Lipinski definition) is 4. The third-order valence-electron chi connectivity index (χ3n) is 3.60. The molecule has 2 aromatic rings. The molecule has 7 heteroatoms. The fourth-order valence-corrected chi connectivity index (χ4v) is 3.73. The molecule has 0 aliphatic rings. The lowest BCUT2D eigenvalue weighted by atomic mass is 10.0. The zero-order valence-corrected chi connectivity index (χ0v) is 15.8. The third kappa shape index (κ3) is 5.37. The number of halogens is 1. The predicted molar refractivity (Wildman–Crippen MR) is 99.7 cm³/mol. The second kappa shape index (κ2) is 8.58. The molecule has 0 spiro atoms. The number of hydrogen-bond donors (Lipinski definition) is 1. The summed E-state index contributed by atoms with van der Waals surface area (Å²) in [5.41, 5.74) is 0.532. The molecule has 0 aliphatic carbocycles. The highest BCUT2D eigenvalue weighted by atomic mass is 35.5. The van der Waals surface area contributed by atoms with Crippen LogP contribution >= 0.6 is 11.6 Å². The number of carbonyl (C=O) groups excluding carboxylic acids is 1. The summed E-state index contributed by atoms with van der Waals surface area (Å²) in [5.74, 6) is -0.356. The first kappa shape index (κ1) is 19.6. The van der Waals surface area contributed by atoms with E-state index in [2.05, 4.69) is 4.72 Å². The maximum absolute atomic E-state index is 12.7. The summed E-state index contributed by atoms with van der Waals surface area (Å²) in [5, 5.41) is 0.514. The Morgan fingerprint density at radius 3 is 2.36 bits per heavy atom. The Morgan fingerprint density at radius 2 is 1.72 bits per heavy atom. The van der Waals surface area contributed by atoms with Gasteiger partial charge in [0, 0.05) is 22.7 Å². The minimum atomic E-state index is -3.77. The van der Waals surface area contributed by atoms with Crippen molar-refractivity contribution in [3.05, 3.63) is 64.7 Å². The second-order valence-electron chi connectivity index (χ2n) is 5.89. The summed E-state index contributed by atoms with van der Waals surface area (Å²) < 4.78 is 27.7. The van der Waals surface area contributed by atoms with Gasteiger partial charge in [-0.15, -0.1) is 0 Å². The van der Waals surface area contributed by atoms with Crippen molar-refractivity contribution >= 4 is 27.4 Å². The summed E-state index contributed by atoms with van der Waals surface area (Å²) in [6, 6.07) is 12.6. The quantitative estimate of drug-likeness (QED) is 0.565. The van der Waals surface area contributed by atoms with Crippen molar-refractivity contribution in [1.82, 2.24) is 9.62 Å². The normalized spacial score (nSPS) is 11.7. The first-order valence-corrected chi connectivity index (χ1v) is 9.71. The number of benzene rings is 2. The maximum Gasteiger partial charge on any atom is 0.241 e. The van der Waals surface area contributed by atoms with Gasteiger partial charge in [0.2, 0.25) is 10.0 Å². The molecule has 0 bridgehead atoms. The molecule has 0 heterocycles. The molecular formula is C18H21ClN2O3S. The highest BCUT2D eigenvalue weighted by Crippen LogP contribution is 2.20. The first-order valence-electron chi connectivity index (χ1n) is 7.85. The molecule has 0 amide bonds. The molecule has 0 aliphatic heterocycles. The van der Waals surface area contributed by atoms with E-state index in [0.29, 0.717) is 23.6 Å². The lowest BCUT2D eigenvalue weighted by Gasteiger charge is -2.12. The molecule has 5 nitrogen and oxygen atoms in total. The third-order valence-corrected chi connectivity index (χ3v) is 5.37. The van der Waals surface area contributed by atoms with Gasteiger partial charge >= 0.3 is 0 Å². The average molecular weight is 381 g/mol. The van der Waals surface area contributed by atoms with Crippen LogP contribution in [0.2, 0.25) is 5.02 Å². The smallest absolute Gasteiger partial charge is 0.241 e. The van der Waals surface area contributed by atoms with Crippen molar-refractivity contribution in [2.45, 2.75) is 11.3 Å². The minimum Gasteiger partial charge on any atom is -0.309 e. The number of carbonyl (C=O) groups is 1. The van der Waals surface area contributed by atoms with Crippen LogP contribution in [0.5, 0.6) is 0 Å². The molecule has 25 heavy (non-hydrogen) atoms. The number of rotatable bonds is 8. The standard InChI is InChI=1S/C18H21ClN2O3S/c1-21(2)13-5-12-20-25(23,24)17-7-4-3-6-16(17)18(22)14-8-10-15(19)11-9-14/h3-4,6-11,20H,5,12-13H2,1-2H3. The summed E-state index contributed by atoms with van der Waals surface area (Å²) in [6.45, 7) is 1.08. The van der Waals surface area contributed by atoms with Gasteiger partial charge in [0.15, 0.2) is 5.78 Å². The molecule has 0 radical (unpaired) electrons. The zero-order chi connectivity index (χ0) is 18.4. The Balaban J connectivity index is 2.24. The predicted octanol–water partition coefficient (Wildman–Crippen LogP) is 2.80. The summed E-state index contributed by atoms with van der Waals surface area (Å²) in [4.78, 5) is 14.7. The van der Waals surface area contributed by atoms with Gasteiger partial charge in [-0.3, -0.25) is 4.79 Å². The van der Waals surface area contributed by atoms with E-state index in [0.717, 1.165) is 6.54 Å². The van der Waals surface area contributed by atoms with E-state index in [1.54, 1.807) is 36.4 Å². The van der Waals surface area contributed by atoms with Crippen molar-refractivity contribution in [2.24, 2.45) is 0 Å². The monoisotopic (exact) mass is 380 g/mol. The summed E-state index contributed by atoms with van der Waals surface area (Å²) in [6.07, 6.45) is 0.680. The van der Waals surface area contributed by atoms with E-state index in [4.69, 9.17) is 11.6 Å². The largest absolute Gasteiger partial charge is 0.309 e. The van der Waals surface area contributed by atoms with Crippen LogP contribution in [0.25, 0.3) is 0 Å². The van der Waals surface area contributed by atoms with Gasteiger partial charge in [-0.1, -0.05) is 23.7 Å². The lowest BCUT2D eigenvalue weighted by molar-refractivity contribution is 0.103. The molecule has 2 aromatic carbocycles. The van der Waals surface area contributed by atoms with Crippen molar-refractivity contribution in [2.75, 3.05) is 27.2 Å². The van der Waals surface area contributed by atoms with Crippen LogP contribution in [0.1, 0.15) is 22.3 Å². The van der Waals surface area contributed by atoms with Crippen LogP contribution in [0.3, 0.4) is 0 Å². The number of ketones is 1. The molecule has 134 valence electrons. The molecule has 2 rings (SSSR count). The maximum atomic E-state index is 12.7. The van der Waals surface area contributed by atoms with Crippen LogP contribution in [-0.4, -0.2) is 46.3 Å². The fraction of sp³-hybridized carbons (Fsp3) is 0.278. The number of nitrogens with zero attached hydrogens (tertiary/aromatic N) is 1. The van der Waals surface area contributed by atoms with Gasteiger partial charge < -0.3 is 4.90 Å². The highest BCUT2D eigenvalue weighted by molar-refractivity contribution is 7.89. The van der Waals surface area contributed by atoms with Crippen LogP contribution in [0.15, 0.2) is 53.4 Å². The topological polar surface area (TPSA) is 66.5 Å². The summed E-state index contributed by atoms with van der Waals surface area (Å²) in [7, 11) is 0.0849. The zero-order valence-electron chi connectivity index (χ0n) is 14.2. The highest BCUT2D eigenvalue weighted by Gasteiger charge is 2.22. The number of sulfonamides is 1. The van der Waals surface area contributed by atoms with E-state index >= 15 is 0 Å². The molecule has 0 saturated carbocycles. The Kier molecular flexibility index (Phi) is 6.72. The minimum absolute atomic E-state index is 0.0141. The van der Waals surface area contributed by atoms with E-state index in [9.17, 15) is 13.2 Å². The van der Waals surface area contributed by atoms with Crippen molar-refractivity contribution in [3.63, 3.8) is 0 Å². The fourth-order valence-electron chi connectivity index (χ4n) is 2.32. The Bertz CT molecular complexity index is 834. The Labute approximate surface area is 153 Å². The first-order chi connectivity index (χ1) is 11.8. The van der Waals surface area contributed by atoms with Gasteiger partial charge in [-0.05, 0) is 63.5 Å². The Hall–Kier alpha value is -1.73. The van der Waals surface area contributed by atoms with Gasteiger partial charge in [0.25, 0.3) is 0 Å². The van der Waals surface area contributed by atoms with Crippen LogP contribution in [0.4, 0.5) is 0 Å². The number of nitrogens with one attached hydrogen (secondary N) is 1. The summed E-state index contributed by atoms with van der Waals surface area (Å²) >= 11 is 5.84. The second-order valence-corrected chi connectivity index (χ2v) is 8.06. The molecule has 0 atom stereocenters. The van der Waals surface area contributed by atoms with Crippen LogP contribution < -0.4 is 4.72 Å². The van der Waals surface area contributed by atoms with Crippen molar-refractivity contribution in [3.8, 4) is 0 Å².